The first-order valence-electron chi connectivity index (χ1n) is 5.93. The van der Waals surface area contributed by atoms with Crippen LogP contribution in [0.25, 0.3) is 22.4 Å². The number of hydrogen-bond donors (Lipinski definition) is 2. The van der Waals surface area contributed by atoms with Gasteiger partial charge in [0, 0.05) is 5.56 Å². The smallest absolute Gasteiger partial charge is 0.242 e. The van der Waals surface area contributed by atoms with E-state index in [4.69, 9.17) is 10.3 Å². The van der Waals surface area contributed by atoms with Gasteiger partial charge in [0.15, 0.2) is 0 Å². The summed E-state index contributed by atoms with van der Waals surface area (Å²) >= 11 is 0. The van der Waals surface area contributed by atoms with Gasteiger partial charge in [-0.05, 0) is 32.0 Å². The van der Waals surface area contributed by atoms with Crippen LogP contribution in [0.3, 0.4) is 0 Å². The molecular weight excluding hydrogens is 260 g/mol. The van der Waals surface area contributed by atoms with Gasteiger partial charge in [-0.3, -0.25) is 4.79 Å². The van der Waals surface area contributed by atoms with Gasteiger partial charge in [-0.2, -0.15) is 20.4 Å². The Bertz CT molecular complexity index is 788. The maximum absolute atomic E-state index is 11.4. The highest BCUT2D eigenvalue weighted by molar-refractivity contribution is 5.84. The Morgan fingerprint density at radius 3 is 2.80 bits per heavy atom. The van der Waals surface area contributed by atoms with Crippen molar-refractivity contribution in [3.05, 3.63) is 24.1 Å². The molecule has 8 heteroatoms. The minimum atomic E-state index is -1.01. The summed E-state index contributed by atoms with van der Waals surface area (Å²) in [5.74, 6) is 0.0270. The number of amides is 1. The van der Waals surface area contributed by atoms with Crippen LogP contribution in [0.2, 0.25) is 0 Å². The van der Waals surface area contributed by atoms with Crippen LogP contribution < -0.4 is 5.73 Å². The van der Waals surface area contributed by atoms with Crippen molar-refractivity contribution in [3.63, 3.8) is 0 Å². The standard InChI is InChI=1S/C12H12N6O2/c1-12(2,10(13)19)11-14-9(17-20-11)6-3-4-7-8(5-6)16-18-15-7/h3-5H,1-2H3,(H2,13,19)(H,15,16,18). The molecule has 0 fully saturated rings. The van der Waals surface area contributed by atoms with E-state index in [1.54, 1.807) is 32.0 Å². The lowest BCUT2D eigenvalue weighted by molar-refractivity contribution is -0.123. The molecule has 0 spiro atoms. The highest BCUT2D eigenvalue weighted by Gasteiger charge is 2.34. The van der Waals surface area contributed by atoms with Gasteiger partial charge in [0.2, 0.25) is 17.6 Å². The minimum absolute atomic E-state index is 0.181. The van der Waals surface area contributed by atoms with Gasteiger partial charge in [-0.25, -0.2) is 0 Å². The number of nitrogens with two attached hydrogens (primary N) is 1. The van der Waals surface area contributed by atoms with Crippen LogP contribution in [-0.4, -0.2) is 31.5 Å². The second kappa shape index (κ2) is 4.12. The summed E-state index contributed by atoms with van der Waals surface area (Å²) < 4.78 is 5.13. The molecule has 8 nitrogen and oxygen atoms in total. The molecule has 2 aromatic heterocycles. The Labute approximate surface area is 113 Å². The van der Waals surface area contributed by atoms with Gasteiger partial charge in [0.1, 0.15) is 16.4 Å². The van der Waals surface area contributed by atoms with E-state index in [2.05, 4.69) is 25.6 Å². The van der Waals surface area contributed by atoms with E-state index in [1.807, 2.05) is 0 Å². The Kier molecular flexibility index (Phi) is 2.53. The summed E-state index contributed by atoms with van der Waals surface area (Å²) in [7, 11) is 0. The summed E-state index contributed by atoms with van der Waals surface area (Å²) in [6, 6.07) is 5.38. The largest absolute Gasteiger partial charge is 0.369 e. The number of carbonyl (C=O) groups is 1. The predicted molar refractivity (Wildman–Crippen MR) is 69.4 cm³/mol. The molecular formula is C12H12N6O2. The van der Waals surface area contributed by atoms with Crippen molar-refractivity contribution in [2.45, 2.75) is 19.3 Å². The first-order chi connectivity index (χ1) is 9.48. The van der Waals surface area contributed by atoms with Crippen molar-refractivity contribution in [3.8, 4) is 11.4 Å². The molecule has 1 aromatic carbocycles. The van der Waals surface area contributed by atoms with Crippen LogP contribution in [-0.2, 0) is 10.2 Å². The van der Waals surface area contributed by atoms with Crippen molar-refractivity contribution in [2.75, 3.05) is 0 Å². The fraction of sp³-hybridized carbons (Fsp3) is 0.250. The zero-order valence-corrected chi connectivity index (χ0v) is 10.9. The van der Waals surface area contributed by atoms with Crippen molar-refractivity contribution >= 4 is 16.9 Å². The highest BCUT2D eigenvalue weighted by atomic mass is 16.5. The molecule has 0 atom stereocenters. The molecule has 3 rings (SSSR count). The molecule has 0 saturated carbocycles. The molecule has 1 amide bonds. The Morgan fingerprint density at radius 1 is 1.30 bits per heavy atom. The SMILES string of the molecule is CC(C)(C(N)=O)c1nc(-c2ccc3n[nH]nc3c2)no1. The maximum Gasteiger partial charge on any atom is 0.242 e. The molecule has 0 bridgehead atoms. The van der Waals surface area contributed by atoms with Crippen LogP contribution in [0.15, 0.2) is 22.7 Å². The topological polar surface area (TPSA) is 124 Å². The van der Waals surface area contributed by atoms with Crippen LogP contribution in [0.4, 0.5) is 0 Å². The number of rotatable bonds is 3. The van der Waals surface area contributed by atoms with Crippen molar-refractivity contribution in [1.82, 2.24) is 25.6 Å². The molecule has 102 valence electrons. The van der Waals surface area contributed by atoms with Gasteiger partial charge in [-0.15, -0.1) is 0 Å². The molecule has 0 aliphatic heterocycles. The van der Waals surface area contributed by atoms with E-state index >= 15 is 0 Å². The Balaban J connectivity index is 2.03. The summed E-state index contributed by atoms with van der Waals surface area (Å²) in [5.41, 5.74) is 6.48. The lowest BCUT2D eigenvalue weighted by Gasteiger charge is -2.13. The zero-order valence-electron chi connectivity index (χ0n) is 10.9. The molecule has 2 heterocycles. The van der Waals surface area contributed by atoms with E-state index in [0.717, 1.165) is 11.1 Å². The molecule has 0 saturated heterocycles. The van der Waals surface area contributed by atoms with Gasteiger partial charge in [-0.1, -0.05) is 5.16 Å². The Morgan fingerprint density at radius 2 is 2.05 bits per heavy atom. The van der Waals surface area contributed by atoms with E-state index < -0.39 is 11.3 Å². The van der Waals surface area contributed by atoms with Gasteiger partial charge in [0.25, 0.3) is 0 Å². The Hall–Kier alpha value is -2.77. The number of fused-ring (bicyclic) bond motifs is 1. The molecule has 0 aliphatic rings. The number of benzene rings is 1. The average Bonchev–Trinajstić information content (AvgIpc) is 3.06. The number of nitrogens with zero attached hydrogens (tertiary/aromatic N) is 4. The molecule has 0 unspecified atom stereocenters. The third-order valence-electron chi connectivity index (χ3n) is 3.15. The molecule has 3 aromatic rings. The van der Waals surface area contributed by atoms with Gasteiger partial charge in [0.05, 0.1) is 0 Å². The van der Waals surface area contributed by atoms with Crippen LogP contribution in [0, 0.1) is 0 Å². The first-order valence-corrected chi connectivity index (χ1v) is 5.93. The summed E-state index contributed by atoms with van der Waals surface area (Å²) in [6.07, 6.45) is 0. The molecule has 0 radical (unpaired) electrons. The minimum Gasteiger partial charge on any atom is -0.369 e. The monoisotopic (exact) mass is 272 g/mol. The third-order valence-corrected chi connectivity index (χ3v) is 3.15. The predicted octanol–water partition coefficient (Wildman–Crippen LogP) is 0.771. The fourth-order valence-electron chi connectivity index (χ4n) is 1.68. The van der Waals surface area contributed by atoms with E-state index in [0.29, 0.717) is 11.3 Å². The van der Waals surface area contributed by atoms with Crippen molar-refractivity contribution in [1.29, 1.82) is 0 Å². The lowest BCUT2D eigenvalue weighted by atomic mass is 9.93. The van der Waals surface area contributed by atoms with Crippen molar-refractivity contribution < 1.29 is 9.32 Å². The summed E-state index contributed by atoms with van der Waals surface area (Å²) in [6.45, 7) is 3.26. The zero-order chi connectivity index (χ0) is 14.3. The number of hydrogen-bond acceptors (Lipinski definition) is 6. The maximum atomic E-state index is 11.4. The number of aromatic nitrogens is 5. The van der Waals surface area contributed by atoms with Gasteiger partial charge >= 0.3 is 0 Å². The lowest BCUT2D eigenvalue weighted by Crippen LogP contribution is -2.35. The number of carbonyl (C=O) groups excluding carboxylic acids is 1. The number of aromatic amines is 1. The van der Waals surface area contributed by atoms with E-state index in [1.165, 1.54) is 0 Å². The highest BCUT2D eigenvalue weighted by Crippen LogP contribution is 2.25. The molecule has 20 heavy (non-hydrogen) atoms. The second-order valence-electron chi connectivity index (χ2n) is 4.94. The molecule has 0 aliphatic carbocycles. The first kappa shape index (κ1) is 12.3. The van der Waals surface area contributed by atoms with E-state index in [9.17, 15) is 4.79 Å². The number of nitrogens with one attached hydrogen (secondary N) is 1. The van der Waals surface area contributed by atoms with Crippen LogP contribution in [0.1, 0.15) is 19.7 Å². The number of H-pyrrole nitrogens is 1. The molecule has 3 N–H and O–H groups in total. The number of primary amides is 1. The summed E-state index contributed by atoms with van der Waals surface area (Å²) in [4.78, 5) is 15.6. The average molecular weight is 272 g/mol. The third kappa shape index (κ3) is 1.81. The quantitative estimate of drug-likeness (QED) is 0.725. The normalized spacial score (nSPS) is 11.9. The van der Waals surface area contributed by atoms with Gasteiger partial charge < -0.3 is 10.3 Å². The van der Waals surface area contributed by atoms with Crippen LogP contribution in [0.5, 0.6) is 0 Å². The second-order valence-corrected chi connectivity index (χ2v) is 4.94. The van der Waals surface area contributed by atoms with Crippen LogP contribution >= 0.6 is 0 Å². The summed E-state index contributed by atoms with van der Waals surface area (Å²) in [5, 5.41) is 14.4. The van der Waals surface area contributed by atoms with Crippen molar-refractivity contribution in [2.24, 2.45) is 5.73 Å². The van der Waals surface area contributed by atoms with E-state index in [-0.39, 0.29) is 5.89 Å². The fourth-order valence-corrected chi connectivity index (χ4v) is 1.68.